The van der Waals surface area contributed by atoms with Crippen LogP contribution in [0.3, 0.4) is 0 Å². The van der Waals surface area contributed by atoms with Crippen molar-refractivity contribution in [1.29, 1.82) is 0 Å². The number of rotatable bonds is 7. The van der Waals surface area contributed by atoms with Gasteiger partial charge in [-0.1, -0.05) is 12.1 Å². The van der Waals surface area contributed by atoms with Crippen LogP contribution < -0.4 is 24.8 Å². The molecule has 1 unspecified atom stereocenters. The number of benzene rings is 2. The van der Waals surface area contributed by atoms with Gasteiger partial charge >= 0.3 is 6.36 Å². The zero-order valence-corrected chi connectivity index (χ0v) is 18.0. The van der Waals surface area contributed by atoms with E-state index in [1.165, 1.54) is 31.0 Å². The Morgan fingerprint density at radius 3 is 2.62 bits per heavy atom. The number of carbonyl (C=O) groups excluding carboxylic acids is 2. The first-order valence-corrected chi connectivity index (χ1v) is 9.95. The number of ether oxygens (including phenoxy) is 3. The van der Waals surface area contributed by atoms with Crippen LogP contribution >= 0.6 is 0 Å². The van der Waals surface area contributed by atoms with Crippen LogP contribution in [-0.4, -0.2) is 42.2 Å². The minimum Gasteiger partial charge on any atom is -0.493 e. The van der Waals surface area contributed by atoms with Crippen LogP contribution in [0.25, 0.3) is 11.1 Å². The highest BCUT2D eigenvalue weighted by Crippen LogP contribution is 2.39. The van der Waals surface area contributed by atoms with Gasteiger partial charge in [0.05, 0.1) is 26.8 Å². The molecule has 1 aliphatic rings. The summed E-state index contributed by atoms with van der Waals surface area (Å²) in [5.74, 6) is -0.0434. The van der Waals surface area contributed by atoms with Gasteiger partial charge in [0.2, 0.25) is 5.91 Å². The zero-order chi connectivity index (χ0) is 24.5. The van der Waals surface area contributed by atoms with Gasteiger partial charge in [-0.3, -0.25) is 9.59 Å². The molecule has 4 rings (SSSR count). The van der Waals surface area contributed by atoms with Crippen molar-refractivity contribution in [1.82, 2.24) is 9.78 Å². The average molecular weight is 476 g/mol. The number of methoxy groups -OCH3 is 2. The van der Waals surface area contributed by atoms with Crippen LogP contribution in [-0.2, 0) is 9.59 Å². The summed E-state index contributed by atoms with van der Waals surface area (Å²) in [4.78, 5) is 25.1. The molecule has 2 aromatic carbocycles. The number of fused-ring (bicyclic) bond motifs is 1. The number of anilines is 2. The average Bonchev–Trinajstić information content (AvgIpc) is 3.31. The van der Waals surface area contributed by atoms with Crippen molar-refractivity contribution < 1.29 is 37.0 Å². The Morgan fingerprint density at radius 2 is 1.91 bits per heavy atom. The minimum absolute atomic E-state index is 0.0943. The number of hydrogen-bond donors (Lipinski definition) is 2. The molecule has 1 aliphatic heterocycles. The van der Waals surface area contributed by atoms with E-state index in [2.05, 4.69) is 20.5 Å². The molecule has 0 saturated carbocycles. The van der Waals surface area contributed by atoms with E-state index in [1.807, 2.05) is 0 Å². The summed E-state index contributed by atoms with van der Waals surface area (Å²) in [5, 5.41) is 9.46. The Balaban J connectivity index is 1.50. The fourth-order valence-corrected chi connectivity index (χ4v) is 3.59. The standard InChI is InChI=1S/C22H19F3N4O5/c1-32-17-7-6-12(8-18(17)33-2)15-11-26-29-16(21(31)28-20(15)29)10-19(30)27-13-4-3-5-14(9-13)34-22(23,24)25/h3-9,11,16H,10H2,1-2H3,(H,27,30)(H,28,31). The highest BCUT2D eigenvalue weighted by Gasteiger charge is 2.35. The summed E-state index contributed by atoms with van der Waals surface area (Å²) in [6, 6.07) is 9.16. The molecule has 2 heterocycles. The molecule has 2 amide bonds. The Hall–Kier alpha value is -4.22. The lowest BCUT2D eigenvalue weighted by molar-refractivity contribution is -0.274. The van der Waals surface area contributed by atoms with Crippen molar-refractivity contribution in [2.75, 3.05) is 24.9 Å². The third-order valence-corrected chi connectivity index (χ3v) is 5.06. The van der Waals surface area contributed by atoms with E-state index in [-0.39, 0.29) is 12.1 Å². The Morgan fingerprint density at radius 1 is 1.15 bits per heavy atom. The predicted molar refractivity (Wildman–Crippen MR) is 115 cm³/mol. The Bertz CT molecular complexity index is 1240. The second-order valence-corrected chi connectivity index (χ2v) is 7.25. The van der Waals surface area contributed by atoms with Gasteiger partial charge in [-0.25, -0.2) is 4.68 Å². The molecule has 0 saturated heterocycles. The molecule has 1 atom stereocenters. The smallest absolute Gasteiger partial charge is 0.493 e. The van der Waals surface area contributed by atoms with Gasteiger partial charge in [-0.2, -0.15) is 5.10 Å². The molecule has 12 heteroatoms. The molecule has 0 radical (unpaired) electrons. The van der Waals surface area contributed by atoms with Gasteiger partial charge in [0.25, 0.3) is 5.91 Å². The lowest BCUT2D eigenvalue weighted by atomic mass is 10.1. The second kappa shape index (κ2) is 8.96. The SMILES string of the molecule is COc1ccc(-c2cnn3c2NC(=O)C3CC(=O)Nc2cccc(OC(F)(F)F)c2)cc1OC. The van der Waals surface area contributed by atoms with Gasteiger partial charge < -0.3 is 24.8 Å². The van der Waals surface area contributed by atoms with Gasteiger partial charge in [0.1, 0.15) is 17.6 Å². The lowest BCUT2D eigenvalue weighted by Gasteiger charge is -2.12. The normalized spacial score (nSPS) is 14.9. The maximum Gasteiger partial charge on any atom is 0.573 e. The predicted octanol–water partition coefficient (Wildman–Crippen LogP) is 3.99. The van der Waals surface area contributed by atoms with Gasteiger partial charge in [0.15, 0.2) is 11.5 Å². The quantitative estimate of drug-likeness (QED) is 0.535. The number of halogens is 3. The number of amides is 2. The number of aromatic nitrogens is 2. The molecular weight excluding hydrogens is 457 g/mol. The molecule has 1 aromatic heterocycles. The summed E-state index contributed by atoms with van der Waals surface area (Å²) in [6.07, 6.45) is -3.58. The van der Waals surface area contributed by atoms with Crippen LogP contribution in [0.4, 0.5) is 24.7 Å². The van der Waals surface area contributed by atoms with Crippen molar-refractivity contribution in [2.24, 2.45) is 0 Å². The van der Waals surface area contributed by atoms with Crippen molar-refractivity contribution in [3.63, 3.8) is 0 Å². The number of hydrogen-bond acceptors (Lipinski definition) is 6. The van der Waals surface area contributed by atoms with Gasteiger partial charge in [-0.05, 0) is 29.8 Å². The van der Waals surface area contributed by atoms with E-state index < -0.39 is 30.0 Å². The molecule has 0 bridgehead atoms. The monoisotopic (exact) mass is 476 g/mol. The maximum absolute atomic E-state index is 12.6. The van der Waals surface area contributed by atoms with Crippen LogP contribution in [0.5, 0.6) is 17.2 Å². The van der Waals surface area contributed by atoms with E-state index >= 15 is 0 Å². The Kier molecular flexibility index (Phi) is 6.05. The minimum atomic E-state index is -4.85. The summed E-state index contributed by atoms with van der Waals surface area (Å²) in [5.41, 5.74) is 1.43. The van der Waals surface area contributed by atoms with Gasteiger partial charge in [0, 0.05) is 17.3 Å². The van der Waals surface area contributed by atoms with Gasteiger partial charge in [-0.15, -0.1) is 13.2 Å². The van der Waals surface area contributed by atoms with E-state index in [9.17, 15) is 22.8 Å². The molecule has 0 aliphatic carbocycles. The summed E-state index contributed by atoms with van der Waals surface area (Å²) < 4.78 is 53.1. The van der Waals surface area contributed by atoms with Crippen molar-refractivity contribution in [2.45, 2.75) is 18.8 Å². The molecule has 3 aromatic rings. The van der Waals surface area contributed by atoms with Crippen molar-refractivity contribution >= 4 is 23.3 Å². The third-order valence-electron chi connectivity index (χ3n) is 5.06. The topological polar surface area (TPSA) is 104 Å². The van der Waals surface area contributed by atoms with Crippen LogP contribution in [0.15, 0.2) is 48.7 Å². The number of carbonyl (C=O) groups is 2. The van der Waals surface area contributed by atoms with Crippen molar-refractivity contribution in [3.05, 3.63) is 48.7 Å². The van der Waals surface area contributed by atoms with E-state index in [0.29, 0.717) is 28.4 Å². The number of nitrogens with zero attached hydrogens (tertiary/aromatic N) is 2. The number of alkyl halides is 3. The molecule has 34 heavy (non-hydrogen) atoms. The van der Waals surface area contributed by atoms with Crippen LogP contribution in [0, 0.1) is 0 Å². The third kappa shape index (κ3) is 4.75. The highest BCUT2D eigenvalue weighted by molar-refractivity contribution is 6.04. The van der Waals surface area contributed by atoms with Crippen molar-refractivity contribution in [3.8, 4) is 28.4 Å². The molecule has 0 fully saturated rings. The summed E-state index contributed by atoms with van der Waals surface area (Å²) in [6.45, 7) is 0. The molecule has 9 nitrogen and oxygen atoms in total. The summed E-state index contributed by atoms with van der Waals surface area (Å²) >= 11 is 0. The first kappa shape index (κ1) is 23.0. The Labute approximate surface area is 191 Å². The van der Waals surface area contributed by atoms with Crippen LogP contribution in [0.1, 0.15) is 12.5 Å². The largest absolute Gasteiger partial charge is 0.573 e. The fourth-order valence-electron chi connectivity index (χ4n) is 3.59. The molecular formula is C22H19F3N4O5. The molecule has 2 N–H and O–H groups in total. The van der Waals surface area contributed by atoms with E-state index in [4.69, 9.17) is 9.47 Å². The highest BCUT2D eigenvalue weighted by atomic mass is 19.4. The number of nitrogens with one attached hydrogen (secondary N) is 2. The molecule has 0 spiro atoms. The lowest BCUT2D eigenvalue weighted by Crippen LogP contribution is -2.23. The fraction of sp³-hybridized carbons (Fsp3) is 0.227. The molecule has 178 valence electrons. The second-order valence-electron chi connectivity index (χ2n) is 7.25. The van der Waals surface area contributed by atoms with Crippen LogP contribution in [0.2, 0.25) is 0 Å². The van der Waals surface area contributed by atoms with E-state index in [1.54, 1.807) is 24.4 Å². The maximum atomic E-state index is 12.6. The first-order valence-electron chi connectivity index (χ1n) is 9.95. The first-order chi connectivity index (χ1) is 16.2. The summed E-state index contributed by atoms with van der Waals surface area (Å²) in [7, 11) is 3.02. The zero-order valence-electron chi connectivity index (χ0n) is 18.0. The van der Waals surface area contributed by atoms with E-state index in [0.717, 1.165) is 12.1 Å².